The average molecular weight is 323 g/mol. The van der Waals surface area contributed by atoms with Crippen LogP contribution in [0.1, 0.15) is 16.9 Å². The summed E-state index contributed by atoms with van der Waals surface area (Å²) in [5, 5.41) is 4.35. The van der Waals surface area contributed by atoms with Crippen LogP contribution in [0.3, 0.4) is 0 Å². The van der Waals surface area contributed by atoms with Crippen LogP contribution >= 0.6 is 12.4 Å². The predicted octanol–water partition coefficient (Wildman–Crippen LogP) is 1.48. The van der Waals surface area contributed by atoms with Gasteiger partial charge in [0.1, 0.15) is 5.75 Å². The van der Waals surface area contributed by atoms with Crippen molar-refractivity contribution in [2.24, 2.45) is 5.73 Å². The Morgan fingerprint density at radius 2 is 2.05 bits per heavy atom. The zero-order chi connectivity index (χ0) is 14.8. The minimum Gasteiger partial charge on any atom is -0.497 e. The van der Waals surface area contributed by atoms with Crippen molar-refractivity contribution in [3.63, 3.8) is 0 Å². The largest absolute Gasteiger partial charge is 0.497 e. The maximum atomic E-state index is 12.3. The van der Waals surface area contributed by atoms with Gasteiger partial charge in [0.2, 0.25) is 0 Å². The van der Waals surface area contributed by atoms with Crippen molar-refractivity contribution >= 4 is 18.3 Å². The number of aromatic nitrogens is 2. The van der Waals surface area contributed by atoms with Crippen LogP contribution in [-0.4, -0.2) is 46.8 Å². The van der Waals surface area contributed by atoms with E-state index in [-0.39, 0.29) is 24.4 Å². The van der Waals surface area contributed by atoms with E-state index in [1.54, 1.807) is 29.0 Å². The van der Waals surface area contributed by atoms with Gasteiger partial charge in [-0.25, -0.2) is 4.68 Å². The molecule has 0 bridgehead atoms. The van der Waals surface area contributed by atoms with E-state index in [2.05, 4.69) is 5.10 Å². The minimum absolute atomic E-state index is 0. The molecule has 2 heterocycles. The molecule has 118 valence electrons. The maximum Gasteiger partial charge on any atom is 0.274 e. The first-order valence-electron chi connectivity index (χ1n) is 6.92. The fourth-order valence-electron chi connectivity index (χ4n) is 2.45. The van der Waals surface area contributed by atoms with Crippen LogP contribution < -0.4 is 10.5 Å². The number of methoxy groups -OCH3 is 1. The van der Waals surface area contributed by atoms with E-state index in [1.165, 1.54) is 0 Å². The molecule has 1 atom stereocenters. The monoisotopic (exact) mass is 322 g/mol. The van der Waals surface area contributed by atoms with Crippen molar-refractivity contribution in [2.45, 2.75) is 12.5 Å². The number of hydrogen-bond acceptors (Lipinski definition) is 4. The molecule has 0 aliphatic carbocycles. The molecule has 1 saturated heterocycles. The Labute approximate surface area is 135 Å². The van der Waals surface area contributed by atoms with Crippen molar-refractivity contribution in [1.82, 2.24) is 14.7 Å². The molecule has 0 unspecified atom stereocenters. The van der Waals surface area contributed by atoms with Gasteiger partial charge in [0, 0.05) is 25.3 Å². The van der Waals surface area contributed by atoms with Crippen molar-refractivity contribution in [2.75, 3.05) is 20.2 Å². The lowest BCUT2D eigenvalue weighted by molar-refractivity contribution is 0.0784. The molecule has 1 aromatic carbocycles. The van der Waals surface area contributed by atoms with Crippen LogP contribution in [0.25, 0.3) is 5.69 Å². The molecule has 0 radical (unpaired) electrons. The van der Waals surface area contributed by atoms with Crippen LogP contribution in [-0.2, 0) is 0 Å². The number of nitrogens with two attached hydrogens (primary N) is 1. The second-order valence-electron chi connectivity index (χ2n) is 5.14. The standard InChI is InChI=1S/C15H18N4O2.ClH/c1-21-13-4-2-12(3-5-13)19-9-7-14(17-19)15(20)18-8-6-11(16)10-18;/h2-5,7,9,11H,6,8,10,16H2,1H3;1H/t11-;/m1./s1. The Bertz CT molecular complexity index is 641. The lowest BCUT2D eigenvalue weighted by Gasteiger charge is -2.13. The normalized spacial score (nSPS) is 17.2. The highest BCUT2D eigenvalue weighted by Crippen LogP contribution is 2.16. The molecule has 1 aromatic heterocycles. The summed E-state index contributed by atoms with van der Waals surface area (Å²) in [5.41, 5.74) is 7.16. The highest BCUT2D eigenvalue weighted by molar-refractivity contribution is 5.92. The number of likely N-dealkylation sites (tertiary alicyclic amines) is 1. The Morgan fingerprint density at radius 1 is 1.32 bits per heavy atom. The number of amides is 1. The molecule has 1 aliphatic rings. The second-order valence-corrected chi connectivity index (χ2v) is 5.14. The summed E-state index contributed by atoms with van der Waals surface area (Å²) in [6, 6.07) is 9.32. The van der Waals surface area contributed by atoms with Crippen molar-refractivity contribution < 1.29 is 9.53 Å². The summed E-state index contributed by atoms with van der Waals surface area (Å²) in [4.78, 5) is 14.1. The van der Waals surface area contributed by atoms with E-state index in [0.717, 1.165) is 17.9 Å². The van der Waals surface area contributed by atoms with Crippen molar-refractivity contribution in [3.05, 3.63) is 42.2 Å². The van der Waals surface area contributed by atoms with E-state index in [0.29, 0.717) is 18.8 Å². The molecule has 1 aliphatic heterocycles. The molecule has 7 heteroatoms. The summed E-state index contributed by atoms with van der Waals surface area (Å²) in [6.45, 7) is 1.31. The van der Waals surface area contributed by atoms with Crippen LogP contribution in [0, 0.1) is 0 Å². The predicted molar refractivity (Wildman–Crippen MR) is 85.9 cm³/mol. The van der Waals surface area contributed by atoms with Gasteiger partial charge in [-0.05, 0) is 36.8 Å². The first-order valence-corrected chi connectivity index (χ1v) is 6.92. The van der Waals surface area contributed by atoms with Gasteiger partial charge < -0.3 is 15.4 Å². The lowest BCUT2D eigenvalue weighted by Crippen LogP contribution is -2.32. The molecule has 6 nitrogen and oxygen atoms in total. The van der Waals surface area contributed by atoms with E-state index in [9.17, 15) is 4.79 Å². The molecule has 1 fully saturated rings. The third kappa shape index (κ3) is 3.23. The molecule has 0 saturated carbocycles. The Kier molecular flexibility index (Phi) is 5.05. The summed E-state index contributed by atoms with van der Waals surface area (Å²) in [7, 11) is 1.63. The second kappa shape index (κ2) is 6.81. The van der Waals surface area contributed by atoms with E-state index in [4.69, 9.17) is 10.5 Å². The van der Waals surface area contributed by atoms with Gasteiger partial charge in [-0.1, -0.05) is 0 Å². The van der Waals surface area contributed by atoms with Crippen molar-refractivity contribution in [1.29, 1.82) is 0 Å². The molecule has 1 amide bonds. The molecule has 2 aromatic rings. The lowest BCUT2D eigenvalue weighted by atomic mass is 10.3. The van der Waals surface area contributed by atoms with Gasteiger partial charge in [0.05, 0.1) is 12.8 Å². The first-order chi connectivity index (χ1) is 10.2. The van der Waals surface area contributed by atoms with E-state index >= 15 is 0 Å². The molecular weight excluding hydrogens is 304 g/mol. The number of nitrogens with zero attached hydrogens (tertiary/aromatic N) is 3. The third-order valence-electron chi connectivity index (χ3n) is 3.66. The van der Waals surface area contributed by atoms with Crippen LogP contribution in [0.4, 0.5) is 0 Å². The Morgan fingerprint density at radius 3 is 2.64 bits per heavy atom. The van der Waals surface area contributed by atoms with Crippen molar-refractivity contribution in [3.8, 4) is 11.4 Å². The third-order valence-corrected chi connectivity index (χ3v) is 3.66. The van der Waals surface area contributed by atoms with Gasteiger partial charge in [-0.15, -0.1) is 12.4 Å². The highest BCUT2D eigenvalue weighted by atomic mass is 35.5. The topological polar surface area (TPSA) is 73.4 Å². The summed E-state index contributed by atoms with van der Waals surface area (Å²) in [5.74, 6) is 0.725. The SMILES string of the molecule is COc1ccc(-n2ccc(C(=O)N3CC[C@@H](N)C3)n2)cc1.Cl. The number of ether oxygens (including phenoxy) is 1. The van der Waals surface area contributed by atoms with Gasteiger partial charge in [0.15, 0.2) is 5.69 Å². The van der Waals surface area contributed by atoms with Crippen LogP contribution in [0.15, 0.2) is 36.5 Å². The number of halogens is 1. The van der Waals surface area contributed by atoms with Gasteiger partial charge in [0.25, 0.3) is 5.91 Å². The fraction of sp³-hybridized carbons (Fsp3) is 0.333. The fourth-order valence-corrected chi connectivity index (χ4v) is 2.45. The zero-order valence-corrected chi connectivity index (χ0v) is 13.1. The number of carbonyl (C=O) groups is 1. The molecule has 3 rings (SSSR count). The molecule has 0 spiro atoms. The minimum atomic E-state index is -0.0600. The summed E-state index contributed by atoms with van der Waals surface area (Å²) >= 11 is 0. The van der Waals surface area contributed by atoms with Gasteiger partial charge in [-0.3, -0.25) is 4.79 Å². The Balaban J connectivity index is 0.00000176. The molecule has 2 N–H and O–H groups in total. The average Bonchev–Trinajstić information content (AvgIpc) is 3.16. The number of rotatable bonds is 3. The maximum absolute atomic E-state index is 12.3. The zero-order valence-electron chi connectivity index (χ0n) is 12.3. The van der Waals surface area contributed by atoms with Crippen LogP contribution in [0.5, 0.6) is 5.75 Å². The smallest absolute Gasteiger partial charge is 0.274 e. The van der Waals surface area contributed by atoms with Gasteiger partial charge >= 0.3 is 0 Å². The number of carbonyl (C=O) groups excluding carboxylic acids is 1. The number of benzene rings is 1. The molecule has 22 heavy (non-hydrogen) atoms. The molecular formula is C15H19ClN4O2. The highest BCUT2D eigenvalue weighted by Gasteiger charge is 2.25. The first kappa shape index (κ1) is 16.3. The van der Waals surface area contributed by atoms with Gasteiger partial charge in [-0.2, -0.15) is 5.10 Å². The Hall–Kier alpha value is -2.05. The number of hydrogen-bond donors (Lipinski definition) is 1. The summed E-state index contributed by atoms with van der Waals surface area (Å²) in [6.07, 6.45) is 2.63. The van der Waals surface area contributed by atoms with E-state index < -0.39 is 0 Å². The van der Waals surface area contributed by atoms with Crippen LogP contribution in [0.2, 0.25) is 0 Å². The summed E-state index contributed by atoms with van der Waals surface area (Å²) < 4.78 is 6.81. The van der Waals surface area contributed by atoms with E-state index in [1.807, 2.05) is 24.3 Å². The quantitative estimate of drug-likeness (QED) is 0.929.